The molecule has 1 amide bonds. The first-order chi connectivity index (χ1) is 15.7. The van der Waals surface area contributed by atoms with Gasteiger partial charge in [-0.2, -0.15) is 0 Å². The lowest BCUT2D eigenvalue weighted by molar-refractivity contribution is -0.119. The Morgan fingerprint density at radius 1 is 0.781 bits per heavy atom. The second-order valence-corrected chi connectivity index (χ2v) is 7.82. The van der Waals surface area contributed by atoms with Gasteiger partial charge in [0.15, 0.2) is 0 Å². The highest BCUT2D eigenvalue weighted by molar-refractivity contribution is 6.00. The Morgan fingerprint density at radius 3 is 1.78 bits per heavy atom. The lowest BCUT2D eigenvalue weighted by Gasteiger charge is -2.29. The minimum absolute atomic E-state index is 0.0899. The predicted molar refractivity (Wildman–Crippen MR) is 132 cm³/mol. The minimum Gasteiger partial charge on any atom is -0.497 e. The lowest BCUT2D eigenvalue weighted by atomic mass is 9.89. The molecule has 0 aliphatic carbocycles. The third-order valence-electron chi connectivity index (χ3n) is 5.91. The highest BCUT2D eigenvalue weighted by atomic mass is 16.5. The standard InChI is InChI=1S/C28H34N2O2/c1-4-29(5-2)21-12-22-30(25-17-19-26(32-3)20-18-25)28(31)27(23-13-8-6-9-14-23)24-15-10-7-11-16-24/h6-11,13-20,27H,4-5,12,21-22H2,1-3H3. The average Bonchev–Trinajstić information content (AvgIpc) is 2.86. The van der Waals surface area contributed by atoms with Crippen LogP contribution >= 0.6 is 0 Å². The third kappa shape index (κ3) is 5.98. The summed E-state index contributed by atoms with van der Waals surface area (Å²) >= 11 is 0. The van der Waals surface area contributed by atoms with E-state index < -0.39 is 0 Å². The van der Waals surface area contributed by atoms with E-state index in [0.29, 0.717) is 6.54 Å². The summed E-state index contributed by atoms with van der Waals surface area (Å²) in [5.74, 6) is 0.520. The van der Waals surface area contributed by atoms with E-state index in [1.807, 2.05) is 89.8 Å². The summed E-state index contributed by atoms with van der Waals surface area (Å²) in [6.45, 7) is 8.02. The number of carbonyl (C=O) groups excluding carboxylic acids is 1. The molecule has 3 aromatic carbocycles. The van der Waals surface area contributed by atoms with Gasteiger partial charge in [-0.1, -0.05) is 74.5 Å². The molecular formula is C28H34N2O2. The van der Waals surface area contributed by atoms with Gasteiger partial charge >= 0.3 is 0 Å². The van der Waals surface area contributed by atoms with E-state index in [-0.39, 0.29) is 11.8 Å². The van der Waals surface area contributed by atoms with Crippen LogP contribution in [0.15, 0.2) is 84.9 Å². The van der Waals surface area contributed by atoms with Gasteiger partial charge in [-0.25, -0.2) is 0 Å². The molecule has 0 saturated heterocycles. The second kappa shape index (κ2) is 12.1. The molecule has 3 aromatic rings. The molecular weight excluding hydrogens is 396 g/mol. The number of carbonyl (C=O) groups is 1. The van der Waals surface area contributed by atoms with Gasteiger partial charge in [-0.05, 0) is 61.4 Å². The topological polar surface area (TPSA) is 32.8 Å². The highest BCUT2D eigenvalue weighted by Gasteiger charge is 2.28. The number of nitrogens with zero attached hydrogens (tertiary/aromatic N) is 2. The number of benzene rings is 3. The van der Waals surface area contributed by atoms with Crippen molar-refractivity contribution in [3.8, 4) is 5.75 Å². The summed E-state index contributed by atoms with van der Waals surface area (Å²) in [5, 5.41) is 0. The van der Waals surface area contributed by atoms with Gasteiger partial charge in [-0.15, -0.1) is 0 Å². The first-order valence-corrected chi connectivity index (χ1v) is 11.5. The van der Waals surface area contributed by atoms with Crippen LogP contribution in [-0.4, -0.2) is 44.1 Å². The molecule has 0 saturated carbocycles. The summed E-state index contributed by atoms with van der Waals surface area (Å²) in [7, 11) is 1.66. The van der Waals surface area contributed by atoms with Crippen LogP contribution in [0.5, 0.6) is 5.75 Å². The van der Waals surface area contributed by atoms with Crippen LogP contribution in [-0.2, 0) is 4.79 Å². The molecule has 168 valence electrons. The predicted octanol–water partition coefficient (Wildman–Crippen LogP) is 5.59. The van der Waals surface area contributed by atoms with Crippen molar-refractivity contribution in [3.05, 3.63) is 96.1 Å². The highest BCUT2D eigenvalue weighted by Crippen LogP contribution is 2.30. The molecule has 0 heterocycles. The fourth-order valence-electron chi connectivity index (χ4n) is 4.05. The van der Waals surface area contributed by atoms with Crippen LogP contribution in [0.2, 0.25) is 0 Å². The largest absolute Gasteiger partial charge is 0.497 e. The molecule has 0 unspecified atom stereocenters. The molecule has 0 radical (unpaired) electrons. The average molecular weight is 431 g/mol. The monoisotopic (exact) mass is 430 g/mol. The van der Waals surface area contributed by atoms with Crippen molar-refractivity contribution in [2.24, 2.45) is 0 Å². The maximum atomic E-state index is 14.1. The first kappa shape index (κ1) is 23.6. The van der Waals surface area contributed by atoms with Crippen LogP contribution < -0.4 is 9.64 Å². The Bertz CT molecular complexity index is 899. The number of hydrogen-bond donors (Lipinski definition) is 0. The summed E-state index contributed by atoms with van der Waals surface area (Å²) in [6.07, 6.45) is 0.912. The molecule has 32 heavy (non-hydrogen) atoms. The SMILES string of the molecule is CCN(CC)CCCN(C(=O)C(c1ccccc1)c1ccccc1)c1ccc(OC)cc1. The van der Waals surface area contributed by atoms with Crippen molar-refractivity contribution < 1.29 is 9.53 Å². The number of methoxy groups -OCH3 is 1. The number of anilines is 1. The third-order valence-corrected chi connectivity index (χ3v) is 5.91. The summed E-state index contributed by atoms with van der Waals surface area (Å²) < 4.78 is 5.33. The number of ether oxygens (including phenoxy) is 1. The van der Waals surface area contributed by atoms with Crippen molar-refractivity contribution in [2.75, 3.05) is 38.2 Å². The van der Waals surface area contributed by atoms with Crippen molar-refractivity contribution in [1.82, 2.24) is 4.90 Å². The van der Waals surface area contributed by atoms with E-state index in [9.17, 15) is 4.79 Å². The normalized spacial score (nSPS) is 11.0. The van der Waals surface area contributed by atoms with Crippen molar-refractivity contribution >= 4 is 11.6 Å². The fraction of sp³-hybridized carbons (Fsp3) is 0.321. The molecule has 4 nitrogen and oxygen atoms in total. The summed E-state index contributed by atoms with van der Waals surface area (Å²) in [4.78, 5) is 18.4. The van der Waals surface area contributed by atoms with Crippen LogP contribution in [0.1, 0.15) is 37.3 Å². The van der Waals surface area contributed by atoms with Crippen molar-refractivity contribution in [2.45, 2.75) is 26.2 Å². The second-order valence-electron chi connectivity index (χ2n) is 7.82. The zero-order chi connectivity index (χ0) is 22.8. The molecule has 0 atom stereocenters. The molecule has 0 bridgehead atoms. The Kier molecular flexibility index (Phi) is 8.88. The molecule has 0 aromatic heterocycles. The summed E-state index contributed by atoms with van der Waals surface area (Å²) in [5.41, 5.74) is 2.91. The zero-order valence-corrected chi connectivity index (χ0v) is 19.4. The maximum absolute atomic E-state index is 14.1. The van der Waals surface area contributed by atoms with Gasteiger partial charge in [0.1, 0.15) is 5.75 Å². The Hall–Kier alpha value is -3.11. The first-order valence-electron chi connectivity index (χ1n) is 11.5. The maximum Gasteiger partial charge on any atom is 0.238 e. The zero-order valence-electron chi connectivity index (χ0n) is 19.4. The van der Waals surface area contributed by atoms with E-state index in [1.165, 1.54) is 0 Å². The van der Waals surface area contributed by atoms with Crippen LogP contribution in [0.4, 0.5) is 5.69 Å². The Labute approximate surface area is 192 Å². The molecule has 0 aliphatic rings. The molecule has 0 N–H and O–H groups in total. The van der Waals surface area contributed by atoms with E-state index in [1.54, 1.807) is 7.11 Å². The summed E-state index contributed by atoms with van der Waals surface area (Å²) in [6, 6.07) is 27.9. The van der Waals surface area contributed by atoms with Gasteiger partial charge < -0.3 is 14.5 Å². The van der Waals surface area contributed by atoms with E-state index in [2.05, 4.69) is 18.7 Å². The molecule has 0 spiro atoms. The fourth-order valence-corrected chi connectivity index (χ4v) is 4.05. The van der Waals surface area contributed by atoms with Gasteiger partial charge in [-0.3, -0.25) is 4.79 Å². The lowest BCUT2D eigenvalue weighted by Crippen LogP contribution is -2.38. The molecule has 3 rings (SSSR count). The van der Waals surface area contributed by atoms with Crippen LogP contribution in [0, 0.1) is 0 Å². The van der Waals surface area contributed by atoms with Crippen LogP contribution in [0.25, 0.3) is 0 Å². The number of rotatable bonds is 11. The number of hydrogen-bond acceptors (Lipinski definition) is 3. The Morgan fingerprint density at radius 2 is 1.31 bits per heavy atom. The van der Waals surface area contributed by atoms with Crippen LogP contribution in [0.3, 0.4) is 0 Å². The van der Waals surface area contributed by atoms with E-state index >= 15 is 0 Å². The molecule has 0 fully saturated rings. The van der Waals surface area contributed by atoms with Gasteiger partial charge in [0.2, 0.25) is 5.91 Å². The van der Waals surface area contributed by atoms with Crippen molar-refractivity contribution in [3.63, 3.8) is 0 Å². The van der Waals surface area contributed by atoms with E-state index in [0.717, 1.165) is 48.6 Å². The van der Waals surface area contributed by atoms with Gasteiger partial charge in [0.05, 0.1) is 13.0 Å². The minimum atomic E-state index is -0.354. The van der Waals surface area contributed by atoms with E-state index in [4.69, 9.17) is 4.74 Å². The van der Waals surface area contributed by atoms with Crippen molar-refractivity contribution in [1.29, 1.82) is 0 Å². The molecule has 4 heteroatoms. The van der Waals surface area contributed by atoms with Gasteiger partial charge in [0.25, 0.3) is 0 Å². The number of amides is 1. The molecule has 0 aliphatic heterocycles. The quantitative estimate of drug-likeness (QED) is 0.397. The smallest absolute Gasteiger partial charge is 0.238 e. The van der Waals surface area contributed by atoms with Gasteiger partial charge in [0, 0.05) is 12.2 Å². The Balaban J connectivity index is 1.95.